The Morgan fingerprint density at radius 1 is 1.43 bits per heavy atom. The van der Waals surface area contributed by atoms with E-state index < -0.39 is 18.8 Å². The lowest BCUT2D eigenvalue weighted by Crippen LogP contribution is -2.34. The number of hydrogen-bond acceptors (Lipinski definition) is 4. The van der Waals surface area contributed by atoms with E-state index in [9.17, 15) is 4.79 Å². The molecule has 0 heterocycles. The number of benzene rings is 1. The summed E-state index contributed by atoms with van der Waals surface area (Å²) < 4.78 is 4.37. The monoisotopic (exact) mass is 195 g/mol. The van der Waals surface area contributed by atoms with E-state index in [0.717, 1.165) is 5.56 Å². The van der Waals surface area contributed by atoms with E-state index in [0.29, 0.717) is 6.42 Å². The third-order valence-electron chi connectivity index (χ3n) is 1.81. The average molecular weight is 195 g/mol. The minimum Gasteiger partial charge on any atom is -0.438 e. The number of esters is 1. The van der Waals surface area contributed by atoms with Crippen molar-refractivity contribution < 1.29 is 14.6 Å². The van der Waals surface area contributed by atoms with Crippen LogP contribution >= 0.6 is 0 Å². The fraction of sp³-hybridized carbons (Fsp3) is 0.300. The molecular weight excluding hydrogens is 182 g/mol. The van der Waals surface area contributed by atoms with Crippen LogP contribution in [-0.4, -0.2) is 23.9 Å². The van der Waals surface area contributed by atoms with Gasteiger partial charge in [-0.05, 0) is 12.0 Å². The quantitative estimate of drug-likeness (QED) is 0.526. The van der Waals surface area contributed by atoms with Gasteiger partial charge in [-0.3, -0.25) is 4.79 Å². The molecule has 76 valence electrons. The molecule has 1 aromatic rings. The van der Waals surface area contributed by atoms with Crippen LogP contribution in [0.1, 0.15) is 5.56 Å². The zero-order valence-corrected chi connectivity index (χ0v) is 7.72. The molecule has 0 aliphatic heterocycles. The van der Waals surface area contributed by atoms with Crippen LogP contribution in [0.3, 0.4) is 0 Å². The number of rotatable bonds is 4. The van der Waals surface area contributed by atoms with E-state index in [-0.39, 0.29) is 0 Å². The minimum absolute atomic E-state index is 0.416. The van der Waals surface area contributed by atoms with Gasteiger partial charge in [-0.25, -0.2) is 0 Å². The highest BCUT2D eigenvalue weighted by atomic mass is 16.6. The van der Waals surface area contributed by atoms with Gasteiger partial charge in [0.2, 0.25) is 0 Å². The third kappa shape index (κ3) is 3.16. The van der Waals surface area contributed by atoms with Crippen molar-refractivity contribution in [2.24, 2.45) is 5.73 Å². The van der Waals surface area contributed by atoms with Crippen molar-refractivity contribution >= 4 is 5.97 Å². The van der Waals surface area contributed by atoms with Gasteiger partial charge in [0.15, 0.2) is 6.79 Å². The average Bonchev–Trinajstić information content (AvgIpc) is 2.19. The molecule has 1 aromatic carbocycles. The summed E-state index contributed by atoms with van der Waals surface area (Å²) in [4.78, 5) is 11.0. The molecule has 4 heteroatoms. The van der Waals surface area contributed by atoms with E-state index in [1.807, 2.05) is 30.3 Å². The molecule has 1 atom stereocenters. The summed E-state index contributed by atoms with van der Waals surface area (Å²) in [6.45, 7) is -0.624. The first kappa shape index (κ1) is 10.7. The van der Waals surface area contributed by atoms with Gasteiger partial charge in [0.25, 0.3) is 0 Å². The van der Waals surface area contributed by atoms with Gasteiger partial charge in [0.05, 0.1) is 0 Å². The zero-order valence-electron chi connectivity index (χ0n) is 7.72. The van der Waals surface area contributed by atoms with Crippen LogP contribution in [0.4, 0.5) is 0 Å². The fourth-order valence-electron chi connectivity index (χ4n) is 1.12. The van der Waals surface area contributed by atoms with Crippen LogP contribution < -0.4 is 5.73 Å². The maximum absolute atomic E-state index is 11.0. The van der Waals surface area contributed by atoms with Crippen LogP contribution in [0.15, 0.2) is 30.3 Å². The highest BCUT2D eigenvalue weighted by Crippen LogP contribution is 2.02. The summed E-state index contributed by atoms with van der Waals surface area (Å²) in [7, 11) is 0. The SMILES string of the molecule is N[C@@H](Cc1ccccc1)C(=O)OCO. The molecule has 0 spiro atoms. The standard InChI is InChI=1S/C10H13NO3/c11-9(10(13)14-7-12)6-8-4-2-1-3-5-8/h1-5,9,12H,6-7,11H2/t9-/m0/s1. The largest absolute Gasteiger partial charge is 0.438 e. The lowest BCUT2D eigenvalue weighted by Gasteiger charge is -2.09. The molecule has 0 saturated heterocycles. The summed E-state index contributed by atoms with van der Waals surface area (Å²) in [6.07, 6.45) is 0.416. The van der Waals surface area contributed by atoms with Crippen LogP contribution in [-0.2, 0) is 16.0 Å². The smallest absolute Gasteiger partial charge is 0.325 e. The third-order valence-corrected chi connectivity index (χ3v) is 1.81. The van der Waals surface area contributed by atoms with Gasteiger partial charge in [0.1, 0.15) is 6.04 Å². The van der Waals surface area contributed by atoms with Crippen molar-refractivity contribution in [1.29, 1.82) is 0 Å². The molecule has 0 amide bonds. The molecule has 0 radical (unpaired) electrons. The Morgan fingerprint density at radius 3 is 2.64 bits per heavy atom. The molecule has 0 aromatic heterocycles. The van der Waals surface area contributed by atoms with E-state index in [1.54, 1.807) is 0 Å². The maximum atomic E-state index is 11.0. The van der Waals surface area contributed by atoms with Crippen LogP contribution in [0.2, 0.25) is 0 Å². The maximum Gasteiger partial charge on any atom is 0.325 e. The Bertz CT molecular complexity index is 287. The van der Waals surface area contributed by atoms with E-state index in [2.05, 4.69) is 4.74 Å². The second kappa shape index (κ2) is 5.36. The molecule has 0 saturated carbocycles. The zero-order chi connectivity index (χ0) is 10.4. The van der Waals surface area contributed by atoms with Crippen LogP contribution in [0.5, 0.6) is 0 Å². The first-order valence-corrected chi connectivity index (χ1v) is 4.31. The lowest BCUT2D eigenvalue weighted by molar-refractivity contribution is -0.153. The van der Waals surface area contributed by atoms with Crippen molar-refractivity contribution in [3.8, 4) is 0 Å². The first-order valence-electron chi connectivity index (χ1n) is 4.31. The molecule has 4 nitrogen and oxygen atoms in total. The number of aliphatic hydroxyl groups is 1. The molecule has 1 rings (SSSR count). The summed E-state index contributed by atoms with van der Waals surface area (Å²) in [6, 6.07) is 8.68. The lowest BCUT2D eigenvalue weighted by atomic mass is 10.1. The second-order valence-electron chi connectivity index (χ2n) is 2.89. The van der Waals surface area contributed by atoms with E-state index in [1.165, 1.54) is 0 Å². The Labute approximate surface area is 82.3 Å². The predicted molar refractivity (Wildman–Crippen MR) is 51.3 cm³/mol. The molecule has 14 heavy (non-hydrogen) atoms. The van der Waals surface area contributed by atoms with Crippen molar-refractivity contribution in [2.45, 2.75) is 12.5 Å². The van der Waals surface area contributed by atoms with Gasteiger partial charge in [-0.15, -0.1) is 0 Å². The fourth-order valence-corrected chi connectivity index (χ4v) is 1.12. The Morgan fingerprint density at radius 2 is 2.07 bits per heavy atom. The van der Waals surface area contributed by atoms with Crippen molar-refractivity contribution in [2.75, 3.05) is 6.79 Å². The van der Waals surface area contributed by atoms with Gasteiger partial charge < -0.3 is 15.6 Å². The minimum atomic E-state index is -0.718. The first-order chi connectivity index (χ1) is 6.74. The Kier molecular flexibility index (Phi) is 4.10. The summed E-state index contributed by atoms with van der Waals surface area (Å²) in [5.74, 6) is -0.587. The number of carbonyl (C=O) groups excluding carboxylic acids is 1. The summed E-state index contributed by atoms with van der Waals surface area (Å²) >= 11 is 0. The molecule has 0 bridgehead atoms. The van der Waals surface area contributed by atoms with Crippen molar-refractivity contribution in [3.05, 3.63) is 35.9 Å². The molecule has 0 aliphatic carbocycles. The molecule has 0 fully saturated rings. The Hall–Kier alpha value is -1.39. The number of aliphatic hydroxyl groups excluding tert-OH is 1. The molecular formula is C10H13NO3. The highest BCUT2D eigenvalue weighted by Gasteiger charge is 2.14. The number of ether oxygens (including phenoxy) is 1. The molecule has 3 N–H and O–H groups in total. The predicted octanol–water partition coefficient (Wildman–Crippen LogP) is 0.0494. The number of nitrogens with two attached hydrogens (primary N) is 1. The van der Waals surface area contributed by atoms with Crippen molar-refractivity contribution in [3.63, 3.8) is 0 Å². The van der Waals surface area contributed by atoms with E-state index in [4.69, 9.17) is 10.8 Å². The van der Waals surface area contributed by atoms with Crippen molar-refractivity contribution in [1.82, 2.24) is 0 Å². The summed E-state index contributed by atoms with van der Waals surface area (Å²) in [5.41, 5.74) is 6.52. The van der Waals surface area contributed by atoms with Gasteiger partial charge >= 0.3 is 5.97 Å². The molecule has 0 unspecified atom stereocenters. The normalized spacial score (nSPS) is 12.1. The Balaban J connectivity index is 2.49. The van der Waals surface area contributed by atoms with Crippen LogP contribution in [0.25, 0.3) is 0 Å². The second-order valence-corrected chi connectivity index (χ2v) is 2.89. The van der Waals surface area contributed by atoms with Gasteiger partial charge in [-0.1, -0.05) is 30.3 Å². The van der Waals surface area contributed by atoms with Gasteiger partial charge in [-0.2, -0.15) is 0 Å². The topological polar surface area (TPSA) is 72.6 Å². The van der Waals surface area contributed by atoms with Gasteiger partial charge in [0, 0.05) is 0 Å². The number of hydrogen-bond donors (Lipinski definition) is 2. The highest BCUT2D eigenvalue weighted by molar-refractivity contribution is 5.75. The van der Waals surface area contributed by atoms with Crippen LogP contribution in [0, 0.1) is 0 Å². The molecule has 0 aliphatic rings. The number of carbonyl (C=O) groups is 1. The summed E-state index contributed by atoms with van der Waals surface area (Å²) in [5, 5.41) is 8.35. The van der Waals surface area contributed by atoms with E-state index >= 15 is 0 Å².